The zero-order chi connectivity index (χ0) is 12.3. The van der Waals surface area contributed by atoms with Crippen molar-refractivity contribution in [2.75, 3.05) is 11.1 Å². The number of anilines is 2. The van der Waals surface area contributed by atoms with Crippen LogP contribution in [0.4, 0.5) is 11.5 Å². The van der Waals surface area contributed by atoms with Gasteiger partial charge in [-0.3, -0.25) is 0 Å². The Morgan fingerprint density at radius 3 is 3.00 bits per heavy atom. The Hall–Kier alpha value is -2.62. The SMILES string of the molecule is Cn1cnnc1CNc1ncc(C#N)cc1N. The predicted molar refractivity (Wildman–Crippen MR) is 61.7 cm³/mol. The maximum atomic E-state index is 8.68. The molecule has 0 aliphatic carbocycles. The van der Waals surface area contributed by atoms with Gasteiger partial charge in [0.15, 0.2) is 5.82 Å². The van der Waals surface area contributed by atoms with E-state index in [2.05, 4.69) is 20.5 Å². The average Bonchev–Trinajstić information content (AvgIpc) is 2.73. The zero-order valence-corrected chi connectivity index (χ0v) is 9.25. The Morgan fingerprint density at radius 1 is 1.59 bits per heavy atom. The average molecular weight is 229 g/mol. The molecule has 0 atom stereocenters. The highest BCUT2D eigenvalue weighted by Gasteiger charge is 2.04. The second-order valence-corrected chi connectivity index (χ2v) is 3.49. The Labute approximate surface area is 97.9 Å². The molecule has 0 aliphatic rings. The van der Waals surface area contributed by atoms with Gasteiger partial charge < -0.3 is 15.6 Å². The summed E-state index contributed by atoms with van der Waals surface area (Å²) < 4.78 is 1.80. The molecule has 2 heterocycles. The van der Waals surface area contributed by atoms with E-state index in [4.69, 9.17) is 11.0 Å². The van der Waals surface area contributed by atoms with Crippen molar-refractivity contribution < 1.29 is 0 Å². The van der Waals surface area contributed by atoms with Crippen molar-refractivity contribution in [3.63, 3.8) is 0 Å². The number of nitrogens with two attached hydrogens (primary N) is 1. The molecule has 0 radical (unpaired) electrons. The fourth-order valence-electron chi connectivity index (χ4n) is 1.32. The number of aryl methyl sites for hydroxylation is 1. The number of nitriles is 1. The summed E-state index contributed by atoms with van der Waals surface area (Å²) in [6, 6.07) is 3.55. The van der Waals surface area contributed by atoms with Crippen LogP contribution in [0.1, 0.15) is 11.4 Å². The largest absolute Gasteiger partial charge is 0.396 e. The molecule has 2 aromatic heterocycles. The molecule has 0 bridgehead atoms. The highest BCUT2D eigenvalue weighted by Crippen LogP contribution is 2.16. The molecule has 0 fully saturated rings. The molecule has 86 valence electrons. The first-order valence-corrected chi connectivity index (χ1v) is 4.93. The first-order valence-electron chi connectivity index (χ1n) is 4.93. The smallest absolute Gasteiger partial charge is 0.151 e. The number of nitrogens with one attached hydrogen (secondary N) is 1. The minimum atomic E-state index is 0.436. The quantitative estimate of drug-likeness (QED) is 0.782. The lowest BCUT2D eigenvalue weighted by Gasteiger charge is -2.07. The van der Waals surface area contributed by atoms with E-state index in [0.717, 1.165) is 5.82 Å². The third-order valence-electron chi connectivity index (χ3n) is 2.27. The number of nitrogens with zero attached hydrogens (tertiary/aromatic N) is 5. The minimum Gasteiger partial charge on any atom is -0.396 e. The van der Waals surface area contributed by atoms with Crippen LogP contribution in [0.25, 0.3) is 0 Å². The molecule has 2 aromatic rings. The second kappa shape index (κ2) is 4.49. The van der Waals surface area contributed by atoms with Crippen molar-refractivity contribution in [3.8, 4) is 6.07 Å². The maximum absolute atomic E-state index is 8.68. The van der Waals surface area contributed by atoms with Gasteiger partial charge in [0.1, 0.15) is 18.2 Å². The van der Waals surface area contributed by atoms with Gasteiger partial charge in [-0.25, -0.2) is 4.98 Å². The normalized spacial score (nSPS) is 9.88. The summed E-state index contributed by atoms with van der Waals surface area (Å²) in [7, 11) is 1.85. The van der Waals surface area contributed by atoms with Gasteiger partial charge >= 0.3 is 0 Å². The van der Waals surface area contributed by atoms with Crippen LogP contribution in [0.3, 0.4) is 0 Å². The van der Waals surface area contributed by atoms with Crippen LogP contribution in [0.2, 0.25) is 0 Å². The van der Waals surface area contributed by atoms with E-state index in [1.807, 2.05) is 13.1 Å². The van der Waals surface area contributed by atoms with E-state index in [1.54, 1.807) is 17.0 Å². The van der Waals surface area contributed by atoms with Crippen LogP contribution in [-0.2, 0) is 13.6 Å². The molecular formula is C10H11N7. The monoisotopic (exact) mass is 229 g/mol. The Bertz CT molecular complexity index is 566. The first kappa shape index (κ1) is 10.9. The molecule has 0 aliphatic heterocycles. The summed E-state index contributed by atoms with van der Waals surface area (Å²) in [5.74, 6) is 1.31. The molecule has 0 unspecified atom stereocenters. The molecule has 7 nitrogen and oxygen atoms in total. The Morgan fingerprint density at radius 2 is 2.41 bits per heavy atom. The summed E-state index contributed by atoms with van der Waals surface area (Å²) in [4.78, 5) is 4.06. The van der Waals surface area contributed by atoms with E-state index in [1.165, 1.54) is 6.20 Å². The van der Waals surface area contributed by atoms with Crippen LogP contribution in [0, 0.1) is 11.3 Å². The summed E-state index contributed by atoms with van der Waals surface area (Å²) in [6.45, 7) is 0.472. The van der Waals surface area contributed by atoms with Gasteiger partial charge in [-0.2, -0.15) is 5.26 Å². The van der Waals surface area contributed by atoms with Gasteiger partial charge in [-0.1, -0.05) is 0 Å². The zero-order valence-electron chi connectivity index (χ0n) is 9.25. The van der Waals surface area contributed by atoms with Crippen molar-refractivity contribution in [1.82, 2.24) is 19.7 Å². The summed E-state index contributed by atoms with van der Waals surface area (Å²) in [6.07, 6.45) is 3.09. The Balaban J connectivity index is 2.10. The van der Waals surface area contributed by atoms with E-state index in [9.17, 15) is 0 Å². The number of aromatic nitrogens is 4. The van der Waals surface area contributed by atoms with Crippen molar-refractivity contribution in [2.45, 2.75) is 6.54 Å². The van der Waals surface area contributed by atoms with Gasteiger partial charge in [0.05, 0.1) is 17.8 Å². The van der Waals surface area contributed by atoms with Crippen LogP contribution in [-0.4, -0.2) is 19.7 Å². The fourth-order valence-corrected chi connectivity index (χ4v) is 1.32. The second-order valence-electron chi connectivity index (χ2n) is 3.49. The van der Waals surface area contributed by atoms with Crippen molar-refractivity contribution in [2.24, 2.45) is 7.05 Å². The Kier molecular flexibility index (Phi) is 2.87. The molecule has 0 aromatic carbocycles. The van der Waals surface area contributed by atoms with Crippen LogP contribution < -0.4 is 11.1 Å². The van der Waals surface area contributed by atoms with E-state index in [0.29, 0.717) is 23.6 Å². The summed E-state index contributed by atoms with van der Waals surface area (Å²) >= 11 is 0. The topological polar surface area (TPSA) is 105 Å². The first-order chi connectivity index (χ1) is 8.20. The molecule has 0 amide bonds. The van der Waals surface area contributed by atoms with Gasteiger partial charge in [0.2, 0.25) is 0 Å². The summed E-state index contributed by atoms with van der Waals surface area (Å²) in [5, 5.41) is 19.4. The molecule has 17 heavy (non-hydrogen) atoms. The van der Waals surface area contributed by atoms with Crippen LogP contribution in [0.15, 0.2) is 18.6 Å². The number of nitrogen functional groups attached to an aromatic ring is 1. The van der Waals surface area contributed by atoms with Gasteiger partial charge in [-0.15, -0.1) is 10.2 Å². The molecule has 0 spiro atoms. The highest BCUT2D eigenvalue weighted by molar-refractivity contribution is 5.62. The van der Waals surface area contributed by atoms with Crippen molar-refractivity contribution >= 4 is 11.5 Å². The number of hydrogen-bond acceptors (Lipinski definition) is 6. The van der Waals surface area contributed by atoms with E-state index in [-0.39, 0.29) is 0 Å². The maximum Gasteiger partial charge on any atom is 0.151 e. The standard InChI is InChI=1S/C10H11N7/c1-17-6-15-16-9(17)5-14-10-8(12)2-7(3-11)4-13-10/h2,4,6H,5,12H2,1H3,(H,13,14). The van der Waals surface area contributed by atoms with E-state index >= 15 is 0 Å². The fraction of sp³-hybridized carbons (Fsp3) is 0.200. The third kappa shape index (κ3) is 2.31. The van der Waals surface area contributed by atoms with Crippen molar-refractivity contribution in [3.05, 3.63) is 30.0 Å². The van der Waals surface area contributed by atoms with Crippen molar-refractivity contribution in [1.29, 1.82) is 5.26 Å². The molecule has 0 saturated heterocycles. The summed E-state index contributed by atoms with van der Waals surface area (Å²) in [5.41, 5.74) is 6.63. The molecule has 2 rings (SSSR count). The van der Waals surface area contributed by atoms with Gasteiger partial charge in [0, 0.05) is 13.2 Å². The van der Waals surface area contributed by atoms with Gasteiger partial charge in [0.25, 0.3) is 0 Å². The van der Waals surface area contributed by atoms with Crippen LogP contribution >= 0.6 is 0 Å². The number of hydrogen-bond donors (Lipinski definition) is 2. The lowest BCUT2D eigenvalue weighted by atomic mass is 10.3. The molecule has 7 heteroatoms. The predicted octanol–water partition coefficient (Wildman–Crippen LogP) is 0.276. The third-order valence-corrected chi connectivity index (χ3v) is 2.27. The van der Waals surface area contributed by atoms with Gasteiger partial charge in [-0.05, 0) is 6.07 Å². The number of pyridine rings is 1. The molecule has 3 N–H and O–H groups in total. The van der Waals surface area contributed by atoms with Crippen LogP contribution in [0.5, 0.6) is 0 Å². The number of rotatable bonds is 3. The molecule has 0 saturated carbocycles. The lowest BCUT2D eigenvalue weighted by molar-refractivity contribution is 0.810. The minimum absolute atomic E-state index is 0.436. The lowest BCUT2D eigenvalue weighted by Crippen LogP contribution is -2.08. The molecular weight excluding hydrogens is 218 g/mol. The highest BCUT2D eigenvalue weighted by atomic mass is 15.3. The van der Waals surface area contributed by atoms with E-state index < -0.39 is 0 Å².